The molecule has 2 aliphatic heterocycles. The highest BCUT2D eigenvalue weighted by Gasteiger charge is 2.47. The van der Waals surface area contributed by atoms with Crippen LogP contribution in [0.4, 0.5) is 34.1 Å². The van der Waals surface area contributed by atoms with Crippen molar-refractivity contribution in [2.75, 3.05) is 9.80 Å². The highest BCUT2D eigenvalue weighted by Crippen LogP contribution is 2.53. The van der Waals surface area contributed by atoms with E-state index in [1.165, 1.54) is 137 Å². The molecule has 0 N–H and O–H groups in total. The van der Waals surface area contributed by atoms with Gasteiger partial charge in [0.25, 0.3) is 6.71 Å². The van der Waals surface area contributed by atoms with Crippen molar-refractivity contribution in [3.8, 4) is 33.9 Å². The molecule has 0 spiro atoms. The maximum Gasteiger partial charge on any atom is 0.253 e. The van der Waals surface area contributed by atoms with Crippen LogP contribution in [-0.2, 0) is 43.3 Å². The molecule has 16 rings (SSSR count). The van der Waals surface area contributed by atoms with Crippen molar-refractivity contribution in [2.45, 2.75) is 209 Å². The fourth-order valence-electron chi connectivity index (χ4n) is 16.6. The summed E-state index contributed by atoms with van der Waals surface area (Å²) in [7, 11) is 0. The molecule has 0 saturated heterocycles. The zero-order valence-corrected chi connectivity index (χ0v) is 65.8. The fraction of sp³-hybridized carbons (Fsp3) is 0.327. The molecule has 13 aromatic carbocycles. The first-order chi connectivity index (χ1) is 48.1. The van der Waals surface area contributed by atoms with Crippen molar-refractivity contribution in [2.24, 2.45) is 0 Å². The van der Waals surface area contributed by atoms with E-state index in [1.54, 1.807) is 0 Å². The molecule has 518 valence electrons. The minimum atomic E-state index is -0.249. The second-order valence-corrected chi connectivity index (χ2v) is 39.0. The average molecular weight is 1350 g/mol. The van der Waals surface area contributed by atoms with Gasteiger partial charge in [-0.1, -0.05) is 275 Å². The van der Waals surface area contributed by atoms with E-state index in [0.717, 1.165) is 50.8 Å². The van der Waals surface area contributed by atoms with Gasteiger partial charge < -0.3 is 9.80 Å². The van der Waals surface area contributed by atoms with Gasteiger partial charge in [0, 0.05) is 50.8 Å². The quantitative estimate of drug-likeness (QED) is 0.127. The summed E-state index contributed by atoms with van der Waals surface area (Å²) in [6.07, 6.45) is 0. The Kier molecular flexibility index (Phi) is 14.9. The second-order valence-electron chi connectivity index (χ2n) is 39.0. The first-order valence-electron chi connectivity index (χ1n) is 37.8. The van der Waals surface area contributed by atoms with Crippen LogP contribution in [-0.4, -0.2) is 16.7 Å². The Bertz CT molecular complexity index is 5330. The Hall–Kier alpha value is -9.32. The topological polar surface area (TPSA) is 32.3 Å². The molecule has 3 heterocycles. The molecule has 0 radical (unpaired) electrons. The zero-order chi connectivity index (χ0) is 73.3. The molecular formula is C98H103BN4. The summed E-state index contributed by atoms with van der Waals surface area (Å²) >= 11 is 0. The van der Waals surface area contributed by atoms with Gasteiger partial charge in [-0.3, -0.25) is 0 Å². The number of anilines is 6. The number of hydrogen-bond donors (Lipinski definition) is 0. The van der Waals surface area contributed by atoms with Gasteiger partial charge in [-0.15, -0.1) is 0 Å². The summed E-state index contributed by atoms with van der Waals surface area (Å²) in [5, 5.41) is 15.3. The van der Waals surface area contributed by atoms with E-state index in [4.69, 9.17) is 9.97 Å². The Morgan fingerprint density at radius 2 is 0.515 bits per heavy atom. The summed E-state index contributed by atoms with van der Waals surface area (Å²) in [4.78, 5) is 17.5. The molecule has 2 aliphatic rings. The van der Waals surface area contributed by atoms with Gasteiger partial charge >= 0.3 is 0 Å². The predicted octanol–water partition coefficient (Wildman–Crippen LogP) is 25.7. The standard InChI is InChI=1S/C98H103BN4/c1-91(2,3)65-39-62(40-66(47-65)92(4,5)6)77-55-78(63-41-67(93(7,8)9)48-68(42-63)94(10,11)12)101-90(100-77)64-45-81-89-82(46-64)103(74-53-71(97(19,20)21)50-72(54-74)98(22,23)24)80-44-61-34-32-57-28-26-30-59-36-38-76(86(61)84(57)59)88(80)99(89)87-75-37-35-58-29-25-27-56-31-33-60(85(75)83(56)58)43-79(87)102(81)73-51-69(95(13,14)15)49-70(52-73)96(16,17)18/h25-55H,1-24H3. The lowest BCUT2D eigenvalue weighted by molar-refractivity contribution is 0.568. The lowest BCUT2D eigenvalue weighted by atomic mass is 9.32. The van der Waals surface area contributed by atoms with Gasteiger partial charge in [-0.2, -0.15) is 0 Å². The Morgan fingerprint density at radius 3 is 0.816 bits per heavy atom. The van der Waals surface area contributed by atoms with Gasteiger partial charge in [0.1, 0.15) is 0 Å². The lowest BCUT2D eigenvalue weighted by Gasteiger charge is -2.46. The Labute approximate surface area is 613 Å². The molecule has 0 saturated carbocycles. The van der Waals surface area contributed by atoms with Gasteiger partial charge in [-0.05, 0) is 248 Å². The van der Waals surface area contributed by atoms with Crippen LogP contribution in [0.2, 0.25) is 0 Å². The van der Waals surface area contributed by atoms with E-state index in [-0.39, 0.29) is 50.0 Å². The number of fused-ring (bicyclic) bond motifs is 6. The minimum Gasteiger partial charge on any atom is -0.311 e. The largest absolute Gasteiger partial charge is 0.311 e. The van der Waals surface area contributed by atoms with Crippen LogP contribution in [0.3, 0.4) is 0 Å². The van der Waals surface area contributed by atoms with Gasteiger partial charge in [-0.25, -0.2) is 9.97 Å². The first kappa shape index (κ1) is 68.1. The monoisotopic (exact) mass is 1350 g/mol. The lowest BCUT2D eigenvalue weighted by Crippen LogP contribution is -2.62. The van der Waals surface area contributed by atoms with Crippen LogP contribution in [0.25, 0.3) is 98.5 Å². The van der Waals surface area contributed by atoms with Gasteiger partial charge in [0.15, 0.2) is 5.82 Å². The van der Waals surface area contributed by atoms with E-state index in [9.17, 15) is 0 Å². The molecule has 14 aromatic rings. The molecule has 5 heteroatoms. The molecule has 0 fully saturated rings. The maximum absolute atomic E-state index is 6.06. The number of benzene rings is 13. The molecule has 0 atom stereocenters. The summed E-state index contributed by atoms with van der Waals surface area (Å²) in [6.45, 7) is 56.3. The number of hydrogen-bond acceptors (Lipinski definition) is 4. The third kappa shape index (κ3) is 11.4. The SMILES string of the molecule is CC(C)(C)c1cc(-c2cc(-c3cc(C(C)(C)C)cc(C(C)(C)C)c3)nc(-c3cc4c5c(c3)N(c3cc(C(C)(C)C)cc(C(C)(C)C)c3)c3cc6ccc7cccc8ccc(c3B5c3c(cc5ccc9cccc%10ccc3c5c9%10)N4c3cc(C(C)(C)C)cc(C(C)(C)C)c3)c6c78)n2)cc(C(C)(C)C)c1. The third-order valence-electron chi connectivity index (χ3n) is 23.0. The normalized spacial score (nSPS) is 14.2. The summed E-state index contributed by atoms with van der Waals surface area (Å²) in [5.41, 5.74) is 24.8. The predicted molar refractivity (Wildman–Crippen MR) is 449 cm³/mol. The summed E-state index contributed by atoms with van der Waals surface area (Å²) in [5.74, 6) is 0.681. The van der Waals surface area contributed by atoms with Crippen LogP contribution in [0, 0.1) is 0 Å². The average Bonchev–Trinajstić information content (AvgIpc) is 0.675. The fourth-order valence-corrected chi connectivity index (χ4v) is 16.6. The van der Waals surface area contributed by atoms with Crippen molar-refractivity contribution in [3.05, 3.63) is 233 Å². The minimum absolute atomic E-state index is 0.132. The molecular weight excluding hydrogens is 1240 g/mol. The van der Waals surface area contributed by atoms with Crippen molar-refractivity contribution in [1.29, 1.82) is 0 Å². The summed E-state index contributed by atoms with van der Waals surface area (Å²) < 4.78 is 0. The van der Waals surface area contributed by atoms with Crippen LogP contribution < -0.4 is 26.2 Å². The molecule has 0 bridgehead atoms. The van der Waals surface area contributed by atoms with E-state index in [1.807, 2.05) is 0 Å². The summed E-state index contributed by atoms with van der Waals surface area (Å²) in [6, 6.07) is 75.0. The smallest absolute Gasteiger partial charge is 0.253 e. The number of rotatable bonds is 5. The van der Waals surface area contributed by atoms with Crippen molar-refractivity contribution in [1.82, 2.24) is 9.97 Å². The molecule has 1 aromatic heterocycles. The Morgan fingerprint density at radius 1 is 0.243 bits per heavy atom. The first-order valence-corrected chi connectivity index (χ1v) is 37.8. The second kappa shape index (κ2) is 22.6. The van der Waals surface area contributed by atoms with E-state index in [2.05, 4.69) is 364 Å². The number of nitrogens with zero attached hydrogens (tertiary/aromatic N) is 4. The van der Waals surface area contributed by atoms with Crippen molar-refractivity contribution >= 4 is 122 Å². The molecule has 103 heavy (non-hydrogen) atoms. The van der Waals surface area contributed by atoms with E-state index < -0.39 is 0 Å². The van der Waals surface area contributed by atoms with Crippen LogP contribution in [0.5, 0.6) is 0 Å². The highest BCUT2D eigenvalue weighted by molar-refractivity contribution is 7.03. The van der Waals surface area contributed by atoms with Crippen molar-refractivity contribution in [3.63, 3.8) is 0 Å². The third-order valence-corrected chi connectivity index (χ3v) is 23.0. The van der Waals surface area contributed by atoms with Crippen LogP contribution in [0.1, 0.15) is 211 Å². The van der Waals surface area contributed by atoms with Crippen LogP contribution >= 0.6 is 0 Å². The maximum atomic E-state index is 6.06. The van der Waals surface area contributed by atoms with E-state index >= 15 is 0 Å². The highest BCUT2D eigenvalue weighted by atomic mass is 15.2. The molecule has 0 aliphatic carbocycles. The van der Waals surface area contributed by atoms with Gasteiger partial charge in [0.2, 0.25) is 0 Å². The zero-order valence-electron chi connectivity index (χ0n) is 65.8. The molecule has 0 amide bonds. The van der Waals surface area contributed by atoms with Crippen molar-refractivity contribution < 1.29 is 0 Å². The number of aromatic nitrogens is 2. The molecule has 4 nitrogen and oxygen atoms in total. The Balaban J connectivity index is 1.13. The van der Waals surface area contributed by atoms with Crippen LogP contribution in [0.15, 0.2) is 188 Å². The molecule has 0 unspecified atom stereocenters. The van der Waals surface area contributed by atoms with E-state index in [0.29, 0.717) is 5.82 Å². The van der Waals surface area contributed by atoms with Gasteiger partial charge in [0.05, 0.1) is 11.4 Å².